The molecule has 0 saturated carbocycles. The zero-order valence-corrected chi connectivity index (χ0v) is 19.4. The average molecular weight is 499 g/mol. The van der Waals surface area contributed by atoms with Gasteiger partial charge in [-0.15, -0.1) is 11.3 Å². The number of nitrogens with zero attached hydrogens (tertiary/aromatic N) is 2. The maximum atomic E-state index is 13.2. The highest BCUT2D eigenvalue weighted by molar-refractivity contribution is 7.07. The first-order chi connectivity index (χ1) is 16.3. The van der Waals surface area contributed by atoms with E-state index in [4.69, 9.17) is 14.2 Å². The Bertz CT molecular complexity index is 1200. The molecular weight excluding hydrogens is 474 g/mol. The van der Waals surface area contributed by atoms with E-state index < -0.39 is 18.1 Å². The molecule has 0 radical (unpaired) electrons. The number of hydrogen-bond donors (Lipinski definition) is 0. The highest BCUT2D eigenvalue weighted by atomic mass is 32.1. The van der Waals surface area contributed by atoms with Crippen LogP contribution >= 0.6 is 11.3 Å². The second-order valence-corrected chi connectivity index (χ2v) is 8.05. The number of alkyl halides is 2. The molecule has 9 nitrogen and oxygen atoms in total. The second kappa shape index (κ2) is 11.7. The van der Waals surface area contributed by atoms with Crippen molar-refractivity contribution >= 4 is 35.4 Å². The number of benzene rings is 1. The molecule has 12 heteroatoms. The molecule has 1 fully saturated rings. The largest absolute Gasteiger partial charge is 0.493 e. The zero-order chi connectivity index (χ0) is 24.7. The summed E-state index contributed by atoms with van der Waals surface area (Å²) < 4.78 is 47.3. The third kappa shape index (κ3) is 6.20. The van der Waals surface area contributed by atoms with Crippen LogP contribution in [0.5, 0.6) is 11.5 Å². The summed E-state index contributed by atoms with van der Waals surface area (Å²) in [6.07, 6.45) is 2.48. The Morgan fingerprint density at radius 3 is 2.65 bits per heavy atom. The smallest absolute Gasteiger partial charge is 0.387 e. The molecule has 1 aliphatic heterocycles. The van der Waals surface area contributed by atoms with E-state index in [1.165, 1.54) is 29.9 Å². The van der Waals surface area contributed by atoms with Gasteiger partial charge in [0, 0.05) is 18.7 Å². The molecule has 0 aliphatic carbocycles. The number of thiazole rings is 1. The minimum absolute atomic E-state index is 0.0618. The van der Waals surface area contributed by atoms with Gasteiger partial charge in [-0.25, -0.2) is 4.79 Å². The van der Waals surface area contributed by atoms with Crippen molar-refractivity contribution in [3.63, 3.8) is 0 Å². The fourth-order valence-corrected chi connectivity index (χ4v) is 4.31. The number of morpholine rings is 1. The maximum absolute atomic E-state index is 13.2. The van der Waals surface area contributed by atoms with E-state index in [1.54, 1.807) is 17.9 Å². The molecule has 2 heterocycles. The van der Waals surface area contributed by atoms with Crippen LogP contribution < -0.4 is 24.2 Å². The lowest BCUT2D eigenvalue weighted by atomic mass is 10.2. The van der Waals surface area contributed by atoms with Gasteiger partial charge in [0.1, 0.15) is 11.2 Å². The third-order valence-corrected chi connectivity index (χ3v) is 5.90. The Hall–Kier alpha value is -3.25. The van der Waals surface area contributed by atoms with Crippen molar-refractivity contribution in [3.8, 4) is 11.5 Å². The fourth-order valence-electron chi connectivity index (χ4n) is 3.29. The standard InChI is InChI=1S/C22H24F2N2O7S/c1-3-32-19(28)12-18-26(13-17(27)25-7-9-31-10-8-25)21(29)16(34-18)11-14-5-4-6-15(30-2)20(14)33-22(23)24/h4-6,11-12,22H,3,7-10,13H2,1-2H3/b16-11-,18-12-. The van der Waals surface area contributed by atoms with E-state index in [0.29, 0.717) is 26.3 Å². The highest BCUT2D eigenvalue weighted by Crippen LogP contribution is 2.32. The minimum Gasteiger partial charge on any atom is -0.493 e. The number of para-hydroxylation sites is 1. The molecule has 3 rings (SSSR count). The van der Waals surface area contributed by atoms with Crippen molar-refractivity contribution in [1.29, 1.82) is 0 Å². The average Bonchev–Trinajstić information content (AvgIpc) is 3.09. The molecule has 1 aromatic carbocycles. The molecule has 1 saturated heterocycles. The van der Waals surface area contributed by atoms with E-state index >= 15 is 0 Å². The molecule has 0 spiro atoms. The van der Waals surface area contributed by atoms with Gasteiger partial charge in [0.05, 0.1) is 37.5 Å². The molecule has 2 aromatic rings. The quantitative estimate of drug-likeness (QED) is 0.491. The van der Waals surface area contributed by atoms with Crippen LogP contribution in [0.25, 0.3) is 12.2 Å². The molecular formula is C22H24F2N2O7S. The monoisotopic (exact) mass is 498 g/mol. The van der Waals surface area contributed by atoms with Crippen molar-refractivity contribution in [2.24, 2.45) is 0 Å². The Morgan fingerprint density at radius 2 is 2.00 bits per heavy atom. The van der Waals surface area contributed by atoms with Crippen LogP contribution in [-0.4, -0.2) is 68.0 Å². The summed E-state index contributed by atoms with van der Waals surface area (Å²) in [7, 11) is 1.30. The molecule has 0 bridgehead atoms. The number of hydrogen-bond acceptors (Lipinski definition) is 8. The Labute approximate surface area is 197 Å². The van der Waals surface area contributed by atoms with Crippen LogP contribution in [0.4, 0.5) is 8.78 Å². The lowest BCUT2D eigenvalue weighted by molar-refractivity contribution is -0.136. The molecule has 1 aromatic heterocycles. The van der Waals surface area contributed by atoms with Crippen molar-refractivity contribution in [1.82, 2.24) is 9.47 Å². The van der Waals surface area contributed by atoms with Gasteiger partial charge in [-0.2, -0.15) is 8.78 Å². The summed E-state index contributed by atoms with van der Waals surface area (Å²) in [5.74, 6) is -1.16. The van der Waals surface area contributed by atoms with Gasteiger partial charge in [-0.3, -0.25) is 14.2 Å². The van der Waals surface area contributed by atoms with E-state index in [0.717, 1.165) is 17.4 Å². The summed E-state index contributed by atoms with van der Waals surface area (Å²) in [4.78, 5) is 39.6. The van der Waals surface area contributed by atoms with Crippen LogP contribution in [0, 0.1) is 0 Å². The molecule has 0 atom stereocenters. The van der Waals surface area contributed by atoms with E-state index in [-0.39, 0.29) is 45.3 Å². The lowest BCUT2D eigenvalue weighted by Crippen LogP contribution is -2.45. The summed E-state index contributed by atoms with van der Waals surface area (Å²) in [5.41, 5.74) is -0.389. The first kappa shape index (κ1) is 25.4. The molecule has 1 amide bonds. The summed E-state index contributed by atoms with van der Waals surface area (Å²) >= 11 is 0.924. The lowest BCUT2D eigenvalue weighted by Gasteiger charge is -2.26. The van der Waals surface area contributed by atoms with Gasteiger partial charge in [0.15, 0.2) is 11.5 Å². The van der Waals surface area contributed by atoms with Gasteiger partial charge in [-0.05, 0) is 19.1 Å². The normalized spacial score (nSPS) is 15.0. The van der Waals surface area contributed by atoms with Gasteiger partial charge in [0.2, 0.25) is 5.91 Å². The van der Waals surface area contributed by atoms with Gasteiger partial charge >= 0.3 is 12.6 Å². The van der Waals surface area contributed by atoms with Crippen LogP contribution in [0.2, 0.25) is 0 Å². The minimum atomic E-state index is -3.11. The van der Waals surface area contributed by atoms with Crippen LogP contribution in [0.15, 0.2) is 23.0 Å². The van der Waals surface area contributed by atoms with Crippen LogP contribution in [0.3, 0.4) is 0 Å². The number of ether oxygens (including phenoxy) is 4. The molecule has 0 N–H and O–H groups in total. The number of carbonyl (C=O) groups is 2. The number of carbonyl (C=O) groups excluding carboxylic acids is 2. The van der Waals surface area contributed by atoms with Gasteiger partial charge in [0.25, 0.3) is 5.56 Å². The summed E-state index contributed by atoms with van der Waals surface area (Å²) in [5, 5.41) is 0. The van der Waals surface area contributed by atoms with Gasteiger partial charge in [-0.1, -0.05) is 12.1 Å². The molecule has 34 heavy (non-hydrogen) atoms. The second-order valence-electron chi connectivity index (χ2n) is 6.99. The SMILES string of the molecule is CCOC(=O)/C=c1\s/c(=C\c2cccc(OC)c2OC(F)F)c(=O)n1CC(=O)N1CCOCC1. The first-order valence-corrected chi connectivity index (χ1v) is 11.2. The summed E-state index contributed by atoms with van der Waals surface area (Å²) in [6.45, 7) is -0.0508. The van der Waals surface area contributed by atoms with Crippen molar-refractivity contribution in [2.75, 3.05) is 40.0 Å². The molecule has 1 aliphatic rings. The first-order valence-electron chi connectivity index (χ1n) is 10.4. The Kier molecular flexibility index (Phi) is 8.77. The number of methoxy groups -OCH3 is 1. The maximum Gasteiger partial charge on any atom is 0.387 e. The topological polar surface area (TPSA) is 96.3 Å². The number of rotatable bonds is 8. The van der Waals surface area contributed by atoms with Crippen molar-refractivity contribution < 1.29 is 37.3 Å². The molecule has 184 valence electrons. The van der Waals surface area contributed by atoms with Crippen LogP contribution in [0.1, 0.15) is 12.5 Å². The summed E-state index contributed by atoms with van der Waals surface area (Å²) in [6, 6.07) is 4.49. The predicted molar refractivity (Wildman–Crippen MR) is 120 cm³/mol. The molecule has 0 unspecified atom stereocenters. The van der Waals surface area contributed by atoms with Crippen LogP contribution in [-0.2, 0) is 25.6 Å². The van der Waals surface area contributed by atoms with Crippen molar-refractivity contribution in [2.45, 2.75) is 20.1 Å². The third-order valence-electron chi connectivity index (χ3n) is 4.84. The number of halogens is 2. The van der Waals surface area contributed by atoms with E-state index in [1.807, 2.05) is 0 Å². The predicted octanol–water partition coefficient (Wildman–Crippen LogP) is 0.551. The zero-order valence-electron chi connectivity index (χ0n) is 18.6. The van der Waals surface area contributed by atoms with E-state index in [2.05, 4.69) is 4.74 Å². The highest BCUT2D eigenvalue weighted by Gasteiger charge is 2.20. The van der Waals surface area contributed by atoms with E-state index in [9.17, 15) is 23.2 Å². The number of esters is 1. The number of amides is 1. The Balaban J connectivity index is 2.11. The number of aromatic nitrogens is 1. The fraction of sp³-hybridized carbons (Fsp3) is 0.409. The Morgan fingerprint density at radius 1 is 1.26 bits per heavy atom. The van der Waals surface area contributed by atoms with Gasteiger partial charge < -0.3 is 23.8 Å². The van der Waals surface area contributed by atoms with Crippen molar-refractivity contribution in [3.05, 3.63) is 43.3 Å².